The predicted molar refractivity (Wildman–Crippen MR) is 64.1 cm³/mol. The summed E-state index contributed by atoms with van der Waals surface area (Å²) < 4.78 is 18.3. The number of esters is 1. The summed E-state index contributed by atoms with van der Waals surface area (Å²) in [6, 6.07) is 4.68. The lowest BCUT2D eigenvalue weighted by Crippen LogP contribution is -2.10. The minimum absolute atomic E-state index is 0.0888. The second kappa shape index (κ2) is 6.36. The van der Waals surface area contributed by atoms with E-state index >= 15 is 0 Å². The molecule has 0 unspecified atom stereocenters. The third kappa shape index (κ3) is 3.53. The van der Waals surface area contributed by atoms with Crippen molar-refractivity contribution in [3.8, 4) is 6.07 Å². The van der Waals surface area contributed by atoms with E-state index in [2.05, 4.69) is 15.9 Å². The molecule has 1 rings (SSSR count). The molecule has 0 aromatic heterocycles. The van der Waals surface area contributed by atoms with Gasteiger partial charge in [-0.3, -0.25) is 4.79 Å². The maximum Gasteiger partial charge on any atom is 0.310 e. The van der Waals surface area contributed by atoms with Gasteiger partial charge in [0.2, 0.25) is 0 Å². The van der Waals surface area contributed by atoms with Crippen LogP contribution >= 0.6 is 15.9 Å². The van der Waals surface area contributed by atoms with Gasteiger partial charge in [-0.15, -0.1) is 0 Å². The van der Waals surface area contributed by atoms with Gasteiger partial charge < -0.3 is 4.74 Å². The molecule has 0 heterocycles. The largest absolute Gasteiger partial charge is 0.466 e. The Morgan fingerprint density at radius 1 is 1.59 bits per heavy atom. The number of hydrogen-bond donors (Lipinski definition) is 0. The van der Waals surface area contributed by atoms with E-state index in [1.807, 2.05) is 0 Å². The Kier molecular flexibility index (Phi) is 5.11. The Hall–Kier alpha value is -1.41. The van der Waals surface area contributed by atoms with Gasteiger partial charge in [0.15, 0.2) is 0 Å². The van der Waals surface area contributed by atoms with Crippen molar-refractivity contribution in [2.24, 2.45) is 0 Å². The second-order valence-corrected chi connectivity index (χ2v) is 3.90. The quantitative estimate of drug-likeness (QED) is 0.634. The molecule has 3 nitrogen and oxygen atoms in total. The first kappa shape index (κ1) is 13.7. The van der Waals surface area contributed by atoms with E-state index in [0.717, 1.165) is 0 Å². The van der Waals surface area contributed by atoms with Crippen molar-refractivity contribution in [1.29, 1.82) is 5.26 Å². The van der Waals surface area contributed by atoms with Crippen LogP contribution in [0.5, 0.6) is 0 Å². The van der Waals surface area contributed by atoms with Crippen molar-refractivity contribution in [3.63, 3.8) is 0 Å². The molecule has 0 aliphatic heterocycles. The number of benzene rings is 1. The summed E-state index contributed by atoms with van der Waals surface area (Å²) in [6.07, 6.45) is -0.0888. The van der Waals surface area contributed by atoms with Crippen molar-refractivity contribution < 1.29 is 13.9 Å². The van der Waals surface area contributed by atoms with E-state index in [9.17, 15) is 9.18 Å². The fraction of sp³-hybridized carbons (Fsp3) is 0.333. The van der Waals surface area contributed by atoms with Crippen molar-refractivity contribution >= 4 is 21.9 Å². The van der Waals surface area contributed by atoms with Gasteiger partial charge in [0, 0.05) is 5.33 Å². The van der Waals surface area contributed by atoms with Crippen LogP contribution in [0.15, 0.2) is 12.1 Å². The smallest absolute Gasteiger partial charge is 0.310 e. The highest BCUT2D eigenvalue weighted by molar-refractivity contribution is 9.08. The molecule has 0 spiro atoms. The summed E-state index contributed by atoms with van der Waals surface area (Å²) in [7, 11) is 0. The lowest BCUT2D eigenvalue weighted by Gasteiger charge is -2.07. The van der Waals surface area contributed by atoms with Crippen LogP contribution in [0, 0.1) is 17.1 Å². The lowest BCUT2D eigenvalue weighted by molar-refractivity contribution is -0.142. The zero-order chi connectivity index (χ0) is 12.8. The molecule has 0 saturated heterocycles. The lowest BCUT2D eigenvalue weighted by atomic mass is 10.0. The first-order chi connectivity index (χ1) is 8.12. The number of nitriles is 1. The van der Waals surface area contributed by atoms with Gasteiger partial charge in [-0.25, -0.2) is 4.39 Å². The highest BCUT2D eigenvalue weighted by Gasteiger charge is 2.14. The Balaban J connectivity index is 3.08. The Morgan fingerprint density at radius 3 is 2.82 bits per heavy atom. The van der Waals surface area contributed by atoms with E-state index in [1.165, 1.54) is 6.07 Å². The molecule has 5 heteroatoms. The molecule has 90 valence electrons. The van der Waals surface area contributed by atoms with Crippen LogP contribution in [-0.2, 0) is 21.3 Å². The summed E-state index contributed by atoms with van der Waals surface area (Å²) >= 11 is 3.20. The molecule has 1 aromatic carbocycles. The molecule has 0 radical (unpaired) electrons. The van der Waals surface area contributed by atoms with Gasteiger partial charge in [-0.05, 0) is 24.1 Å². The number of halogens is 2. The van der Waals surface area contributed by atoms with Crippen molar-refractivity contribution in [2.45, 2.75) is 18.7 Å². The number of ether oxygens (including phenoxy) is 1. The van der Waals surface area contributed by atoms with E-state index in [1.54, 1.807) is 19.1 Å². The molecule has 0 fully saturated rings. The van der Waals surface area contributed by atoms with Gasteiger partial charge >= 0.3 is 5.97 Å². The SMILES string of the molecule is CCOC(=O)Cc1cc(CBr)cc(F)c1C#N. The van der Waals surface area contributed by atoms with Crippen LogP contribution in [0.4, 0.5) is 4.39 Å². The van der Waals surface area contributed by atoms with E-state index in [0.29, 0.717) is 16.5 Å². The summed E-state index contributed by atoms with van der Waals surface area (Å²) in [5.74, 6) is -1.07. The molecule has 0 aliphatic carbocycles. The molecule has 0 atom stereocenters. The van der Waals surface area contributed by atoms with E-state index in [4.69, 9.17) is 10.00 Å². The molecule has 1 aromatic rings. The fourth-order valence-corrected chi connectivity index (χ4v) is 1.76. The number of carbonyl (C=O) groups excluding carboxylic acids is 1. The number of nitrogens with zero attached hydrogens (tertiary/aromatic N) is 1. The van der Waals surface area contributed by atoms with E-state index < -0.39 is 11.8 Å². The first-order valence-electron chi connectivity index (χ1n) is 5.05. The standard InChI is InChI=1S/C12H11BrFNO2/c1-2-17-12(16)5-9-3-8(6-13)4-11(14)10(9)7-15/h3-4H,2,5-6H2,1H3. The summed E-state index contributed by atoms with van der Waals surface area (Å²) in [4.78, 5) is 11.3. The van der Waals surface area contributed by atoms with Crippen molar-refractivity contribution in [3.05, 3.63) is 34.6 Å². The summed E-state index contributed by atoms with van der Waals surface area (Å²) in [5.41, 5.74) is 0.948. The Labute approximate surface area is 107 Å². The molecular weight excluding hydrogens is 289 g/mol. The Bertz CT molecular complexity index is 468. The van der Waals surface area contributed by atoms with E-state index in [-0.39, 0.29) is 18.6 Å². The monoisotopic (exact) mass is 299 g/mol. The van der Waals surface area contributed by atoms with Crippen LogP contribution in [0.3, 0.4) is 0 Å². The average Bonchev–Trinajstić information content (AvgIpc) is 2.28. The number of rotatable bonds is 4. The zero-order valence-electron chi connectivity index (χ0n) is 9.30. The molecule has 17 heavy (non-hydrogen) atoms. The third-order valence-electron chi connectivity index (χ3n) is 2.14. The minimum Gasteiger partial charge on any atom is -0.466 e. The number of carbonyl (C=O) groups is 1. The number of hydrogen-bond acceptors (Lipinski definition) is 3. The second-order valence-electron chi connectivity index (χ2n) is 3.34. The highest BCUT2D eigenvalue weighted by Crippen LogP contribution is 2.18. The third-order valence-corrected chi connectivity index (χ3v) is 2.79. The van der Waals surface area contributed by atoms with Crippen LogP contribution in [0.25, 0.3) is 0 Å². The Morgan fingerprint density at radius 2 is 2.29 bits per heavy atom. The van der Waals surface area contributed by atoms with Gasteiger partial charge in [0.25, 0.3) is 0 Å². The maximum atomic E-state index is 13.5. The van der Waals surface area contributed by atoms with Crippen LogP contribution in [0.1, 0.15) is 23.6 Å². The number of alkyl halides is 1. The van der Waals surface area contributed by atoms with Crippen molar-refractivity contribution in [1.82, 2.24) is 0 Å². The summed E-state index contributed by atoms with van der Waals surface area (Å²) in [6.45, 7) is 1.96. The predicted octanol–water partition coefficient (Wildman–Crippen LogP) is 2.70. The topological polar surface area (TPSA) is 50.1 Å². The maximum absolute atomic E-state index is 13.5. The molecule has 0 amide bonds. The van der Waals surface area contributed by atoms with Gasteiger partial charge in [0.1, 0.15) is 11.9 Å². The molecule has 0 bridgehead atoms. The summed E-state index contributed by atoms with van der Waals surface area (Å²) in [5, 5.41) is 9.32. The minimum atomic E-state index is -0.608. The fourth-order valence-electron chi connectivity index (χ4n) is 1.44. The zero-order valence-corrected chi connectivity index (χ0v) is 10.9. The van der Waals surface area contributed by atoms with Crippen molar-refractivity contribution in [2.75, 3.05) is 6.61 Å². The van der Waals surface area contributed by atoms with Crippen LogP contribution in [-0.4, -0.2) is 12.6 Å². The molecule has 0 N–H and O–H groups in total. The molecule has 0 saturated carbocycles. The van der Waals surface area contributed by atoms with Gasteiger partial charge in [-0.1, -0.05) is 22.0 Å². The average molecular weight is 300 g/mol. The first-order valence-corrected chi connectivity index (χ1v) is 6.17. The van der Waals surface area contributed by atoms with Gasteiger partial charge in [0.05, 0.1) is 18.6 Å². The molecular formula is C12H11BrFNO2. The normalized spacial score (nSPS) is 9.76. The highest BCUT2D eigenvalue weighted by atomic mass is 79.9. The van der Waals surface area contributed by atoms with Crippen LogP contribution < -0.4 is 0 Å². The van der Waals surface area contributed by atoms with Gasteiger partial charge in [-0.2, -0.15) is 5.26 Å². The van der Waals surface area contributed by atoms with Crippen LogP contribution in [0.2, 0.25) is 0 Å². The molecule has 0 aliphatic rings.